The zero-order valence-electron chi connectivity index (χ0n) is 10.8. The molecule has 0 amide bonds. The lowest BCUT2D eigenvalue weighted by molar-refractivity contribution is 0.935. The molecule has 15 heavy (non-hydrogen) atoms. The molecule has 0 nitrogen and oxygen atoms in total. The third kappa shape index (κ3) is 11.1. The van der Waals surface area contributed by atoms with E-state index in [0.29, 0.717) is 0 Å². The van der Waals surface area contributed by atoms with Crippen LogP contribution in [0.1, 0.15) is 53.4 Å². The van der Waals surface area contributed by atoms with Crippen molar-refractivity contribution in [2.75, 3.05) is 0 Å². The van der Waals surface area contributed by atoms with Crippen molar-refractivity contribution in [1.29, 1.82) is 0 Å². The first-order chi connectivity index (χ1) is 7.02. The van der Waals surface area contributed by atoms with E-state index < -0.39 is 0 Å². The van der Waals surface area contributed by atoms with Gasteiger partial charge in [0, 0.05) is 0 Å². The van der Waals surface area contributed by atoms with Crippen LogP contribution in [-0.4, -0.2) is 0 Å². The maximum absolute atomic E-state index is 3.86. The summed E-state index contributed by atoms with van der Waals surface area (Å²) < 4.78 is 0. The average molecular weight is 205 g/mol. The number of allylic oxidation sites excluding steroid dienone is 6. The van der Waals surface area contributed by atoms with E-state index in [9.17, 15) is 0 Å². The topological polar surface area (TPSA) is 0 Å². The van der Waals surface area contributed by atoms with E-state index in [2.05, 4.69) is 45.9 Å². The lowest BCUT2D eigenvalue weighted by Gasteiger charge is -1.98. The third-order valence-corrected chi connectivity index (χ3v) is 2.24. The fourth-order valence-corrected chi connectivity index (χ4v) is 1.35. The van der Waals surface area contributed by atoms with Gasteiger partial charge in [0.1, 0.15) is 0 Å². The predicted octanol–water partition coefficient (Wildman–Crippen LogP) is 5.24. The number of rotatable bonds is 6. The van der Waals surface area contributed by atoms with Gasteiger partial charge in [-0.3, -0.25) is 0 Å². The van der Waals surface area contributed by atoms with Crippen molar-refractivity contribution in [3.8, 4) is 0 Å². The first kappa shape index (κ1) is 14.2. The second kappa shape index (κ2) is 8.52. The molecule has 0 aromatic rings. The van der Waals surface area contributed by atoms with Crippen LogP contribution in [0.3, 0.4) is 0 Å². The molecular weight excluding hydrogens is 180 g/mol. The number of hydrogen-bond donors (Lipinski definition) is 0. The molecule has 0 heteroatoms. The first-order valence-electron chi connectivity index (χ1n) is 5.80. The predicted molar refractivity (Wildman–Crippen MR) is 70.8 cm³/mol. The highest BCUT2D eigenvalue weighted by atomic mass is 13.9. The maximum atomic E-state index is 3.86. The van der Waals surface area contributed by atoms with Gasteiger partial charge in [-0.05, 0) is 60.3 Å². The summed E-state index contributed by atoms with van der Waals surface area (Å²) in [6.45, 7) is 12.4. The van der Waals surface area contributed by atoms with Gasteiger partial charge in [0.15, 0.2) is 0 Å². The fraction of sp³-hybridized carbons (Fsp3) is 0.533. The molecule has 0 unspecified atom stereocenters. The zero-order chi connectivity index (χ0) is 11.7. The standard InChI is InChI=1S/C15H25/c1-13(2)9-6-7-11-15(5)12-8-10-14(3)4/h9-11H,1,6-8,12H2,2-5H3. The van der Waals surface area contributed by atoms with E-state index in [1.165, 1.54) is 29.6 Å². The van der Waals surface area contributed by atoms with Crippen molar-refractivity contribution in [2.45, 2.75) is 53.4 Å². The molecule has 0 aromatic heterocycles. The van der Waals surface area contributed by atoms with Gasteiger partial charge in [0.05, 0.1) is 0 Å². The summed E-state index contributed by atoms with van der Waals surface area (Å²) in [5, 5.41) is 0. The quantitative estimate of drug-likeness (QED) is 0.411. The Kier molecular flexibility index (Phi) is 8.08. The van der Waals surface area contributed by atoms with Crippen molar-refractivity contribution in [3.63, 3.8) is 0 Å². The largest absolute Gasteiger partial charge is 0.0856 e. The number of hydrogen-bond acceptors (Lipinski definition) is 0. The Bertz CT molecular complexity index is 243. The second-order valence-corrected chi connectivity index (χ2v) is 4.50. The van der Waals surface area contributed by atoms with E-state index in [0.717, 1.165) is 12.8 Å². The van der Waals surface area contributed by atoms with Gasteiger partial charge >= 0.3 is 0 Å². The molecule has 0 saturated carbocycles. The van der Waals surface area contributed by atoms with E-state index in [1.54, 1.807) is 0 Å². The molecule has 0 rings (SSSR count). The molecule has 0 aliphatic carbocycles. The maximum Gasteiger partial charge on any atom is -0.0286 e. The molecule has 0 aromatic carbocycles. The minimum atomic E-state index is 1.12. The van der Waals surface area contributed by atoms with E-state index in [4.69, 9.17) is 0 Å². The van der Waals surface area contributed by atoms with Gasteiger partial charge in [-0.1, -0.05) is 34.9 Å². The Morgan fingerprint density at radius 3 is 2.00 bits per heavy atom. The Hall–Kier alpha value is -0.780. The summed E-state index contributed by atoms with van der Waals surface area (Å²) in [4.78, 5) is 0. The highest BCUT2D eigenvalue weighted by molar-refractivity contribution is 5.05. The van der Waals surface area contributed by atoms with Gasteiger partial charge < -0.3 is 0 Å². The molecule has 0 atom stereocenters. The molecule has 0 bridgehead atoms. The third-order valence-electron chi connectivity index (χ3n) is 2.24. The molecule has 0 aliphatic heterocycles. The van der Waals surface area contributed by atoms with Crippen molar-refractivity contribution in [2.24, 2.45) is 0 Å². The normalized spacial score (nSPS) is 12.9. The fourth-order valence-electron chi connectivity index (χ4n) is 1.35. The summed E-state index contributed by atoms with van der Waals surface area (Å²) in [6.07, 6.45) is 11.5. The molecule has 0 N–H and O–H groups in total. The van der Waals surface area contributed by atoms with Gasteiger partial charge in [-0.25, -0.2) is 0 Å². The van der Waals surface area contributed by atoms with Crippen LogP contribution in [0.15, 0.2) is 34.9 Å². The van der Waals surface area contributed by atoms with Gasteiger partial charge in [0.25, 0.3) is 0 Å². The first-order valence-corrected chi connectivity index (χ1v) is 5.80. The Labute approximate surface area is 95.8 Å². The molecule has 0 aliphatic rings. The highest BCUT2D eigenvalue weighted by Crippen LogP contribution is 2.09. The summed E-state index contributed by atoms with van der Waals surface area (Å²) in [5.41, 5.74) is 4.09. The average Bonchev–Trinajstić information content (AvgIpc) is 2.11. The Morgan fingerprint density at radius 1 is 0.867 bits per heavy atom. The lowest BCUT2D eigenvalue weighted by Crippen LogP contribution is -1.78. The van der Waals surface area contributed by atoms with Crippen LogP contribution < -0.4 is 0 Å². The molecule has 0 fully saturated rings. The number of unbranched alkanes of at least 4 members (excludes halogenated alkanes) is 1. The summed E-state index contributed by atoms with van der Waals surface area (Å²) in [7, 11) is 0. The Morgan fingerprint density at radius 2 is 1.47 bits per heavy atom. The van der Waals surface area contributed by atoms with Crippen molar-refractivity contribution < 1.29 is 0 Å². The monoisotopic (exact) mass is 205 g/mol. The van der Waals surface area contributed by atoms with E-state index in [1.807, 2.05) is 6.92 Å². The molecule has 0 heterocycles. The smallest absolute Gasteiger partial charge is 0.0286 e. The van der Waals surface area contributed by atoms with Gasteiger partial charge in [0.2, 0.25) is 0 Å². The van der Waals surface area contributed by atoms with Crippen molar-refractivity contribution >= 4 is 0 Å². The molecule has 0 spiro atoms. The van der Waals surface area contributed by atoms with Crippen LogP contribution in [0.5, 0.6) is 0 Å². The minimum absolute atomic E-state index is 1.12. The van der Waals surface area contributed by atoms with Crippen LogP contribution >= 0.6 is 0 Å². The van der Waals surface area contributed by atoms with Crippen LogP contribution in [0.2, 0.25) is 0 Å². The second-order valence-electron chi connectivity index (χ2n) is 4.50. The lowest BCUT2D eigenvalue weighted by atomic mass is 10.1. The summed E-state index contributed by atoms with van der Waals surface area (Å²) >= 11 is 0. The van der Waals surface area contributed by atoms with E-state index >= 15 is 0 Å². The van der Waals surface area contributed by atoms with Gasteiger partial charge in [-0.2, -0.15) is 0 Å². The molecule has 85 valence electrons. The minimum Gasteiger partial charge on any atom is -0.0856 e. The van der Waals surface area contributed by atoms with Crippen LogP contribution in [0.4, 0.5) is 0 Å². The van der Waals surface area contributed by atoms with Gasteiger partial charge in [-0.15, -0.1) is 0 Å². The summed E-state index contributed by atoms with van der Waals surface area (Å²) in [6, 6.07) is 0. The van der Waals surface area contributed by atoms with Crippen LogP contribution in [0, 0.1) is 6.92 Å². The van der Waals surface area contributed by atoms with Crippen molar-refractivity contribution in [3.05, 3.63) is 41.9 Å². The summed E-state index contributed by atoms with van der Waals surface area (Å²) in [5.74, 6) is 0. The molecule has 0 saturated heterocycles. The molecular formula is C15H25. The van der Waals surface area contributed by atoms with Crippen LogP contribution in [-0.2, 0) is 0 Å². The van der Waals surface area contributed by atoms with Crippen LogP contribution in [0.25, 0.3) is 0 Å². The van der Waals surface area contributed by atoms with E-state index in [-0.39, 0.29) is 0 Å². The highest BCUT2D eigenvalue weighted by Gasteiger charge is 1.88. The zero-order valence-corrected chi connectivity index (χ0v) is 10.8. The molecule has 1 radical (unpaired) electrons. The van der Waals surface area contributed by atoms with Crippen molar-refractivity contribution in [1.82, 2.24) is 0 Å². The Balaban J connectivity index is 3.70. The SMILES string of the molecule is [CH2]C(C)=CCCC=C(C)CCC=C(C)C.